The largest absolute Gasteiger partial charge is 0.303 e. The Kier molecular flexibility index (Phi) is 2.68. The van der Waals surface area contributed by atoms with Gasteiger partial charge in [0.2, 0.25) is 0 Å². The lowest BCUT2D eigenvalue weighted by atomic mass is 9.93. The summed E-state index contributed by atoms with van der Waals surface area (Å²) in [5.41, 5.74) is 0. The van der Waals surface area contributed by atoms with E-state index < -0.39 is 0 Å². The van der Waals surface area contributed by atoms with Crippen LogP contribution in [0, 0.1) is 11.8 Å². The number of nitrogens with zero attached hydrogens (tertiary/aromatic N) is 1. The number of Topliss-reactive ketones (excluding diaryl/α,β-unsaturated/α-hetero) is 1. The molecular weight excluding hydrogens is 162 g/mol. The van der Waals surface area contributed by atoms with Crippen LogP contribution in [0.15, 0.2) is 0 Å². The van der Waals surface area contributed by atoms with Gasteiger partial charge in [-0.2, -0.15) is 0 Å². The Morgan fingerprint density at radius 2 is 1.85 bits per heavy atom. The highest BCUT2D eigenvalue weighted by Crippen LogP contribution is 2.31. The first kappa shape index (κ1) is 9.20. The van der Waals surface area contributed by atoms with Crippen molar-refractivity contribution >= 4 is 5.78 Å². The van der Waals surface area contributed by atoms with Crippen LogP contribution < -0.4 is 0 Å². The Morgan fingerprint density at radius 3 is 2.31 bits per heavy atom. The molecule has 0 atom stereocenters. The molecule has 1 saturated carbocycles. The second kappa shape index (κ2) is 3.79. The normalized spacial score (nSPS) is 26.2. The maximum atomic E-state index is 11.1. The molecule has 2 fully saturated rings. The second-order valence-electron chi connectivity index (χ2n) is 4.63. The maximum absolute atomic E-state index is 11.1. The van der Waals surface area contributed by atoms with Crippen molar-refractivity contribution in [3.8, 4) is 0 Å². The van der Waals surface area contributed by atoms with Crippen molar-refractivity contribution in [1.29, 1.82) is 0 Å². The molecule has 1 saturated heterocycles. The first-order valence-corrected chi connectivity index (χ1v) is 5.48. The van der Waals surface area contributed by atoms with E-state index >= 15 is 0 Å². The van der Waals surface area contributed by atoms with E-state index in [4.69, 9.17) is 0 Å². The Bertz CT molecular complexity index is 190. The van der Waals surface area contributed by atoms with Gasteiger partial charge in [0, 0.05) is 12.5 Å². The summed E-state index contributed by atoms with van der Waals surface area (Å²) in [6, 6.07) is 0. The molecule has 0 aromatic rings. The van der Waals surface area contributed by atoms with Gasteiger partial charge in [0.15, 0.2) is 0 Å². The molecule has 13 heavy (non-hydrogen) atoms. The lowest BCUT2D eigenvalue weighted by Crippen LogP contribution is -2.36. The summed E-state index contributed by atoms with van der Waals surface area (Å²) in [6.45, 7) is 5.34. The molecule has 0 amide bonds. The minimum atomic E-state index is 0.371. The lowest BCUT2D eigenvalue weighted by molar-refractivity contribution is -0.122. The van der Waals surface area contributed by atoms with Crippen molar-refractivity contribution in [2.24, 2.45) is 11.8 Å². The fourth-order valence-electron chi connectivity index (χ4n) is 2.19. The highest BCUT2D eigenvalue weighted by atomic mass is 16.1. The van der Waals surface area contributed by atoms with Gasteiger partial charge >= 0.3 is 0 Å². The molecule has 1 aliphatic carbocycles. The van der Waals surface area contributed by atoms with E-state index in [1.165, 1.54) is 19.4 Å². The highest BCUT2D eigenvalue weighted by molar-refractivity contribution is 5.78. The molecular formula is C11H19NO. The summed E-state index contributed by atoms with van der Waals surface area (Å²) in [5, 5.41) is 0. The van der Waals surface area contributed by atoms with Crippen molar-refractivity contribution < 1.29 is 4.79 Å². The van der Waals surface area contributed by atoms with Crippen LogP contribution in [-0.4, -0.2) is 30.3 Å². The second-order valence-corrected chi connectivity index (χ2v) is 4.63. The maximum Gasteiger partial charge on any atom is 0.133 e. The molecule has 74 valence electrons. The molecule has 0 N–H and O–H groups in total. The minimum Gasteiger partial charge on any atom is -0.303 e. The van der Waals surface area contributed by atoms with Gasteiger partial charge in [-0.25, -0.2) is 0 Å². The molecule has 2 nitrogen and oxygen atoms in total. The summed E-state index contributed by atoms with van der Waals surface area (Å²) >= 11 is 0. The minimum absolute atomic E-state index is 0.371. The number of likely N-dealkylation sites (tertiary alicyclic amines) is 1. The summed E-state index contributed by atoms with van der Waals surface area (Å²) in [7, 11) is 0. The molecule has 2 rings (SSSR count). The molecule has 2 heteroatoms. The number of carbonyl (C=O) groups excluding carboxylic acids is 1. The van der Waals surface area contributed by atoms with Crippen LogP contribution in [0.25, 0.3) is 0 Å². The van der Waals surface area contributed by atoms with E-state index in [0.717, 1.165) is 31.8 Å². The number of hydrogen-bond acceptors (Lipinski definition) is 2. The van der Waals surface area contributed by atoms with E-state index in [9.17, 15) is 4.79 Å². The van der Waals surface area contributed by atoms with Gasteiger partial charge in [-0.05, 0) is 51.6 Å². The SMILES string of the molecule is CC(=O)C1CCN(CC2CC2)CC1. The summed E-state index contributed by atoms with van der Waals surface area (Å²) in [4.78, 5) is 13.7. The zero-order valence-corrected chi connectivity index (χ0v) is 8.46. The lowest BCUT2D eigenvalue weighted by Gasteiger charge is -2.30. The molecule has 1 aliphatic heterocycles. The van der Waals surface area contributed by atoms with Gasteiger partial charge in [-0.3, -0.25) is 4.79 Å². The Labute approximate surface area is 80.3 Å². The number of rotatable bonds is 3. The van der Waals surface area contributed by atoms with Crippen LogP contribution in [0.3, 0.4) is 0 Å². The standard InChI is InChI=1S/C11H19NO/c1-9(13)11-4-6-12(7-5-11)8-10-2-3-10/h10-11H,2-8H2,1H3. The predicted octanol–water partition coefficient (Wildman–Crippen LogP) is 1.70. The third-order valence-corrected chi connectivity index (χ3v) is 3.38. The number of hydrogen-bond donors (Lipinski definition) is 0. The van der Waals surface area contributed by atoms with Crippen molar-refractivity contribution in [2.75, 3.05) is 19.6 Å². The van der Waals surface area contributed by atoms with Crippen LogP contribution in [0.2, 0.25) is 0 Å². The van der Waals surface area contributed by atoms with Gasteiger partial charge in [-0.15, -0.1) is 0 Å². The molecule has 0 radical (unpaired) electrons. The molecule has 1 heterocycles. The number of carbonyl (C=O) groups is 1. The Balaban J connectivity index is 1.71. The zero-order chi connectivity index (χ0) is 9.26. The zero-order valence-electron chi connectivity index (χ0n) is 8.46. The number of piperidine rings is 1. The molecule has 0 bridgehead atoms. The van der Waals surface area contributed by atoms with Crippen LogP contribution in [-0.2, 0) is 4.79 Å². The van der Waals surface area contributed by atoms with Gasteiger partial charge in [-0.1, -0.05) is 0 Å². The van der Waals surface area contributed by atoms with E-state index in [1.807, 2.05) is 0 Å². The van der Waals surface area contributed by atoms with Gasteiger partial charge in [0.25, 0.3) is 0 Å². The van der Waals surface area contributed by atoms with Crippen molar-refractivity contribution in [3.05, 3.63) is 0 Å². The van der Waals surface area contributed by atoms with Crippen LogP contribution in [0.5, 0.6) is 0 Å². The summed E-state index contributed by atoms with van der Waals surface area (Å²) in [5.74, 6) is 1.76. The fraction of sp³-hybridized carbons (Fsp3) is 0.909. The van der Waals surface area contributed by atoms with Crippen molar-refractivity contribution in [2.45, 2.75) is 32.6 Å². The van der Waals surface area contributed by atoms with E-state index in [-0.39, 0.29) is 0 Å². The average molecular weight is 181 g/mol. The smallest absolute Gasteiger partial charge is 0.133 e. The topological polar surface area (TPSA) is 20.3 Å². The van der Waals surface area contributed by atoms with Crippen LogP contribution in [0.4, 0.5) is 0 Å². The molecule has 0 aromatic carbocycles. The summed E-state index contributed by atoms with van der Waals surface area (Å²) in [6.07, 6.45) is 5.07. The quantitative estimate of drug-likeness (QED) is 0.660. The third-order valence-electron chi connectivity index (χ3n) is 3.38. The van der Waals surface area contributed by atoms with Crippen molar-refractivity contribution in [3.63, 3.8) is 0 Å². The van der Waals surface area contributed by atoms with E-state index in [0.29, 0.717) is 11.7 Å². The molecule has 0 aromatic heterocycles. The predicted molar refractivity (Wildman–Crippen MR) is 52.6 cm³/mol. The fourth-order valence-corrected chi connectivity index (χ4v) is 2.19. The molecule has 2 aliphatic rings. The first-order valence-electron chi connectivity index (χ1n) is 5.48. The van der Waals surface area contributed by atoms with E-state index in [1.54, 1.807) is 6.92 Å². The van der Waals surface area contributed by atoms with Crippen LogP contribution >= 0.6 is 0 Å². The Hall–Kier alpha value is -0.370. The van der Waals surface area contributed by atoms with Gasteiger partial charge in [0.1, 0.15) is 5.78 Å². The molecule has 0 unspecified atom stereocenters. The van der Waals surface area contributed by atoms with Crippen molar-refractivity contribution in [1.82, 2.24) is 4.90 Å². The monoisotopic (exact) mass is 181 g/mol. The first-order chi connectivity index (χ1) is 6.25. The number of ketones is 1. The van der Waals surface area contributed by atoms with E-state index in [2.05, 4.69) is 4.90 Å². The third kappa shape index (κ3) is 2.53. The van der Waals surface area contributed by atoms with Gasteiger partial charge in [0.05, 0.1) is 0 Å². The molecule has 0 spiro atoms. The average Bonchev–Trinajstić information content (AvgIpc) is 2.89. The summed E-state index contributed by atoms with van der Waals surface area (Å²) < 4.78 is 0. The Morgan fingerprint density at radius 1 is 1.23 bits per heavy atom. The van der Waals surface area contributed by atoms with Crippen LogP contribution in [0.1, 0.15) is 32.6 Å². The highest BCUT2D eigenvalue weighted by Gasteiger charge is 2.27. The van der Waals surface area contributed by atoms with Gasteiger partial charge < -0.3 is 4.90 Å².